The van der Waals surface area contributed by atoms with E-state index in [9.17, 15) is 9.90 Å². The van der Waals surface area contributed by atoms with Crippen molar-refractivity contribution in [2.75, 3.05) is 14.2 Å². The highest BCUT2D eigenvalue weighted by molar-refractivity contribution is 5.89. The lowest BCUT2D eigenvalue weighted by Crippen LogP contribution is -2.08. The monoisotopic (exact) mass is 313 g/mol. The number of aromatic carboxylic acids is 1. The molecule has 7 heteroatoms. The summed E-state index contributed by atoms with van der Waals surface area (Å²) < 4.78 is 12.2. The van der Waals surface area contributed by atoms with Gasteiger partial charge in [-0.1, -0.05) is 23.4 Å². The minimum atomic E-state index is -0.968. The number of hydrogen-bond acceptors (Lipinski definition) is 5. The summed E-state index contributed by atoms with van der Waals surface area (Å²) in [6.07, 6.45) is 0. The lowest BCUT2D eigenvalue weighted by Gasteiger charge is -2.09. The van der Waals surface area contributed by atoms with Gasteiger partial charge >= 0.3 is 5.97 Å². The van der Waals surface area contributed by atoms with E-state index in [-0.39, 0.29) is 5.56 Å². The fourth-order valence-electron chi connectivity index (χ4n) is 2.44. The Balaban J connectivity index is 2.06. The van der Waals surface area contributed by atoms with Crippen LogP contribution in [-0.4, -0.2) is 40.3 Å². The molecule has 3 rings (SSSR count). The van der Waals surface area contributed by atoms with Gasteiger partial charge in [-0.3, -0.25) is 0 Å². The van der Waals surface area contributed by atoms with Crippen molar-refractivity contribution in [2.24, 2.45) is 0 Å². The van der Waals surface area contributed by atoms with Crippen molar-refractivity contribution < 1.29 is 19.4 Å². The highest BCUT2D eigenvalue weighted by Crippen LogP contribution is 2.31. The second-order valence-electron chi connectivity index (χ2n) is 4.91. The summed E-state index contributed by atoms with van der Waals surface area (Å²) in [5.41, 5.74) is 2.29. The van der Waals surface area contributed by atoms with Crippen LogP contribution < -0.4 is 9.47 Å². The fourth-order valence-corrected chi connectivity index (χ4v) is 2.44. The molecule has 3 aromatic rings. The summed E-state index contributed by atoms with van der Waals surface area (Å²) >= 11 is 0. The van der Waals surface area contributed by atoms with Crippen molar-refractivity contribution >= 4 is 17.0 Å². The number of carboxylic acid groups (broad SMARTS) is 1. The Kier molecular flexibility index (Phi) is 3.84. The van der Waals surface area contributed by atoms with Crippen LogP contribution in [0.15, 0.2) is 36.4 Å². The average molecular weight is 313 g/mol. The molecule has 0 radical (unpaired) electrons. The van der Waals surface area contributed by atoms with Crippen molar-refractivity contribution in [1.82, 2.24) is 15.0 Å². The van der Waals surface area contributed by atoms with Crippen molar-refractivity contribution in [3.63, 3.8) is 0 Å². The summed E-state index contributed by atoms with van der Waals surface area (Å²) in [4.78, 5) is 11.3. The molecule has 1 N–H and O–H groups in total. The smallest absolute Gasteiger partial charge is 0.336 e. The minimum absolute atomic E-state index is 0.247. The maximum atomic E-state index is 11.3. The first-order valence-corrected chi connectivity index (χ1v) is 6.90. The third kappa shape index (κ3) is 2.68. The maximum absolute atomic E-state index is 11.3. The normalized spacial score (nSPS) is 10.7. The van der Waals surface area contributed by atoms with E-state index in [1.807, 2.05) is 0 Å². The van der Waals surface area contributed by atoms with Gasteiger partial charge in [-0.15, -0.1) is 5.10 Å². The minimum Gasteiger partial charge on any atom is -0.493 e. The van der Waals surface area contributed by atoms with Crippen LogP contribution in [-0.2, 0) is 6.54 Å². The van der Waals surface area contributed by atoms with Crippen molar-refractivity contribution in [3.05, 3.63) is 47.5 Å². The van der Waals surface area contributed by atoms with Crippen molar-refractivity contribution in [2.45, 2.75) is 6.54 Å². The molecule has 0 fully saturated rings. The summed E-state index contributed by atoms with van der Waals surface area (Å²) in [6.45, 7) is 0.300. The zero-order chi connectivity index (χ0) is 16.4. The number of benzene rings is 2. The molecule has 0 saturated carbocycles. The molecule has 118 valence electrons. The molecule has 23 heavy (non-hydrogen) atoms. The Morgan fingerprint density at radius 1 is 1.17 bits per heavy atom. The Labute approximate surface area is 132 Å². The van der Waals surface area contributed by atoms with Crippen LogP contribution in [0.25, 0.3) is 11.0 Å². The number of nitrogens with zero attached hydrogens (tertiary/aromatic N) is 3. The van der Waals surface area contributed by atoms with Crippen LogP contribution in [0, 0.1) is 0 Å². The van der Waals surface area contributed by atoms with E-state index >= 15 is 0 Å². The Bertz CT molecular complexity index is 873. The number of ether oxygens (including phenoxy) is 2. The van der Waals surface area contributed by atoms with Gasteiger partial charge in [0.2, 0.25) is 0 Å². The van der Waals surface area contributed by atoms with E-state index < -0.39 is 5.97 Å². The molecule has 0 atom stereocenters. The summed E-state index contributed by atoms with van der Waals surface area (Å²) in [5.74, 6) is 0.164. The van der Waals surface area contributed by atoms with E-state index in [4.69, 9.17) is 9.47 Å². The van der Waals surface area contributed by atoms with Gasteiger partial charge in [0, 0.05) is 12.1 Å². The summed E-state index contributed by atoms with van der Waals surface area (Å²) in [5, 5.41) is 17.5. The molecular formula is C16H15N3O4. The zero-order valence-electron chi connectivity index (χ0n) is 12.7. The highest BCUT2D eigenvalue weighted by Gasteiger charge is 2.14. The molecule has 7 nitrogen and oxygen atoms in total. The SMILES string of the molecule is COc1cc2nnn(Cc3ccccc3C(=O)O)c2cc1OC. The van der Waals surface area contributed by atoms with Crippen molar-refractivity contribution in [1.29, 1.82) is 0 Å². The van der Waals surface area contributed by atoms with Crippen LogP contribution in [0.1, 0.15) is 15.9 Å². The number of hydrogen-bond donors (Lipinski definition) is 1. The highest BCUT2D eigenvalue weighted by atomic mass is 16.5. The maximum Gasteiger partial charge on any atom is 0.336 e. The third-order valence-corrected chi connectivity index (χ3v) is 3.59. The average Bonchev–Trinajstić information content (AvgIpc) is 2.95. The van der Waals surface area contributed by atoms with Gasteiger partial charge in [-0.2, -0.15) is 0 Å². The largest absolute Gasteiger partial charge is 0.493 e. The second-order valence-corrected chi connectivity index (χ2v) is 4.91. The zero-order valence-corrected chi connectivity index (χ0v) is 12.7. The van der Waals surface area contributed by atoms with Gasteiger partial charge < -0.3 is 14.6 Å². The summed E-state index contributed by atoms with van der Waals surface area (Å²) in [6, 6.07) is 10.3. The van der Waals surface area contributed by atoms with Crippen LogP contribution in [0.3, 0.4) is 0 Å². The molecule has 0 bridgehead atoms. The quantitative estimate of drug-likeness (QED) is 0.777. The second kappa shape index (κ2) is 5.96. The first-order valence-electron chi connectivity index (χ1n) is 6.90. The molecule has 0 spiro atoms. The van der Waals surface area contributed by atoms with Crippen molar-refractivity contribution in [3.8, 4) is 11.5 Å². The first-order chi connectivity index (χ1) is 11.1. The topological polar surface area (TPSA) is 86.5 Å². The van der Waals surface area contributed by atoms with Crippen LogP contribution in [0.4, 0.5) is 0 Å². The van der Waals surface area contributed by atoms with Crippen LogP contribution >= 0.6 is 0 Å². The molecule has 0 saturated heterocycles. The van der Waals surface area contributed by atoms with Gasteiger partial charge in [0.05, 0.1) is 31.8 Å². The van der Waals surface area contributed by atoms with E-state index in [1.54, 1.807) is 55.3 Å². The third-order valence-electron chi connectivity index (χ3n) is 3.59. The van der Waals surface area contributed by atoms with Gasteiger partial charge in [-0.25, -0.2) is 9.48 Å². The molecule has 0 aliphatic heterocycles. The van der Waals surface area contributed by atoms with E-state index in [2.05, 4.69) is 10.3 Å². The Morgan fingerprint density at radius 3 is 2.57 bits per heavy atom. The Morgan fingerprint density at radius 2 is 1.87 bits per heavy atom. The first kappa shape index (κ1) is 14.8. The van der Waals surface area contributed by atoms with E-state index in [0.29, 0.717) is 29.1 Å². The fraction of sp³-hybridized carbons (Fsp3) is 0.188. The predicted octanol–water partition coefficient (Wildman–Crippen LogP) is 2.20. The van der Waals surface area contributed by atoms with Crippen LogP contribution in [0.5, 0.6) is 11.5 Å². The number of methoxy groups -OCH3 is 2. The number of aromatic nitrogens is 3. The van der Waals surface area contributed by atoms with Gasteiger partial charge in [0.15, 0.2) is 11.5 Å². The Hall–Kier alpha value is -3.09. The molecule has 1 heterocycles. The van der Waals surface area contributed by atoms with E-state index in [1.165, 1.54) is 0 Å². The number of rotatable bonds is 5. The van der Waals surface area contributed by atoms with Gasteiger partial charge in [0.1, 0.15) is 5.52 Å². The molecule has 0 aliphatic rings. The predicted molar refractivity (Wildman–Crippen MR) is 83.1 cm³/mol. The standard InChI is InChI=1S/C16H15N3O4/c1-22-14-7-12-13(8-15(14)23-2)19(18-17-12)9-10-5-3-4-6-11(10)16(20)21/h3-8H,9H2,1-2H3,(H,20,21). The molecule has 2 aromatic carbocycles. The lowest BCUT2D eigenvalue weighted by atomic mass is 10.1. The molecular weight excluding hydrogens is 298 g/mol. The molecule has 1 aromatic heterocycles. The number of carbonyl (C=O) groups is 1. The molecule has 0 amide bonds. The summed E-state index contributed by atoms with van der Waals surface area (Å²) in [7, 11) is 3.11. The van der Waals surface area contributed by atoms with Gasteiger partial charge in [0.25, 0.3) is 0 Å². The molecule has 0 aliphatic carbocycles. The molecule has 0 unspecified atom stereocenters. The number of carboxylic acids is 1. The lowest BCUT2D eigenvalue weighted by molar-refractivity contribution is 0.0695. The van der Waals surface area contributed by atoms with Gasteiger partial charge in [-0.05, 0) is 11.6 Å². The number of fused-ring (bicyclic) bond motifs is 1. The van der Waals surface area contributed by atoms with E-state index in [0.717, 1.165) is 5.52 Å². The van der Waals surface area contributed by atoms with Crippen LogP contribution in [0.2, 0.25) is 0 Å².